The Bertz CT molecular complexity index is 724. The van der Waals surface area contributed by atoms with Gasteiger partial charge in [-0.25, -0.2) is 0 Å². The van der Waals surface area contributed by atoms with Gasteiger partial charge in [0.1, 0.15) is 11.8 Å². The molecule has 1 N–H and O–H groups in total. The minimum absolute atomic E-state index is 0.000256. The Labute approximate surface area is 205 Å². The predicted octanol–water partition coefficient (Wildman–Crippen LogP) is 4.45. The first-order chi connectivity index (χ1) is 13.8. The molecule has 1 aliphatic heterocycles. The molecule has 12 heteroatoms. The molecule has 0 unspecified atom stereocenters. The highest BCUT2D eigenvalue weighted by molar-refractivity contribution is 6.67. The Morgan fingerprint density at radius 1 is 1.23 bits per heavy atom. The van der Waals surface area contributed by atoms with Crippen LogP contribution in [0.15, 0.2) is 11.8 Å². The van der Waals surface area contributed by atoms with Crippen LogP contribution >= 0.6 is 69.6 Å². The van der Waals surface area contributed by atoms with Crippen molar-refractivity contribution in [2.75, 3.05) is 7.11 Å². The van der Waals surface area contributed by atoms with E-state index in [1.165, 1.54) is 13.2 Å². The Kier molecular flexibility index (Phi) is 10.9. The second-order valence-electron chi connectivity index (χ2n) is 6.45. The van der Waals surface area contributed by atoms with Crippen LogP contribution in [0.5, 0.6) is 0 Å². The monoisotopic (exact) mass is 538 g/mol. The third-order valence-corrected chi connectivity index (χ3v) is 5.30. The molecule has 2 atom stereocenters. The van der Waals surface area contributed by atoms with Gasteiger partial charge >= 0.3 is 0 Å². The van der Waals surface area contributed by atoms with E-state index in [1.807, 2.05) is 0 Å². The van der Waals surface area contributed by atoms with Crippen molar-refractivity contribution in [2.24, 2.45) is 0 Å². The van der Waals surface area contributed by atoms with E-state index >= 15 is 0 Å². The van der Waals surface area contributed by atoms with Gasteiger partial charge in [-0.1, -0.05) is 69.6 Å². The number of terminal acetylenes is 1. The van der Waals surface area contributed by atoms with Gasteiger partial charge in [-0.05, 0) is 25.7 Å². The topological polar surface area (TPSA) is 75.7 Å². The summed E-state index contributed by atoms with van der Waals surface area (Å²) in [7, 11) is 1.36. The standard InChI is InChI=1S/C18H20Cl6N2O4/c1-3-4-5-14(27)25-11(6-8-17(19,20)21)16(29)26-12(7-9-18(22,23)24)13(30-2)10-15(26)28/h1,10-12H,4-9H2,2H3,(H,25,27)/t11-,12-/m0/s1. The third-order valence-electron chi connectivity index (χ3n) is 4.16. The number of nitrogens with one attached hydrogen (secondary N) is 1. The van der Waals surface area contributed by atoms with Crippen molar-refractivity contribution in [1.82, 2.24) is 10.2 Å². The normalized spacial score (nSPS) is 17.9. The largest absolute Gasteiger partial charge is 0.499 e. The molecule has 0 spiro atoms. The van der Waals surface area contributed by atoms with Crippen molar-refractivity contribution in [3.63, 3.8) is 0 Å². The lowest BCUT2D eigenvalue weighted by Crippen LogP contribution is -2.52. The summed E-state index contributed by atoms with van der Waals surface area (Å²) in [5, 5.41) is 2.55. The fourth-order valence-electron chi connectivity index (χ4n) is 2.78. The van der Waals surface area contributed by atoms with Gasteiger partial charge in [-0.15, -0.1) is 12.3 Å². The summed E-state index contributed by atoms with van der Waals surface area (Å²) in [6.07, 6.45) is 6.63. The fourth-order valence-corrected chi connectivity index (χ4v) is 3.44. The Hall–Kier alpha value is -0.550. The summed E-state index contributed by atoms with van der Waals surface area (Å²) in [4.78, 5) is 38.8. The van der Waals surface area contributed by atoms with Crippen molar-refractivity contribution < 1.29 is 19.1 Å². The average molecular weight is 541 g/mol. The maximum Gasteiger partial charge on any atom is 0.257 e. The summed E-state index contributed by atoms with van der Waals surface area (Å²) in [6.45, 7) is 0. The molecule has 6 nitrogen and oxygen atoms in total. The first kappa shape index (κ1) is 27.5. The molecule has 168 valence electrons. The minimum Gasteiger partial charge on any atom is -0.499 e. The molecular weight excluding hydrogens is 521 g/mol. The molecule has 0 saturated carbocycles. The summed E-state index contributed by atoms with van der Waals surface area (Å²) < 4.78 is 1.98. The molecule has 30 heavy (non-hydrogen) atoms. The molecule has 0 fully saturated rings. The van der Waals surface area contributed by atoms with E-state index in [-0.39, 0.29) is 44.3 Å². The molecule has 0 aromatic carbocycles. The molecule has 3 amide bonds. The lowest BCUT2D eigenvalue weighted by molar-refractivity contribution is -0.146. The van der Waals surface area contributed by atoms with E-state index in [0.29, 0.717) is 0 Å². The number of halogens is 6. The van der Waals surface area contributed by atoms with Crippen LogP contribution < -0.4 is 5.32 Å². The Balaban J connectivity index is 3.08. The van der Waals surface area contributed by atoms with Gasteiger partial charge in [0.15, 0.2) is 7.59 Å². The zero-order chi connectivity index (χ0) is 23.1. The van der Waals surface area contributed by atoms with Crippen LogP contribution in [-0.4, -0.2) is 49.4 Å². The number of hydrogen-bond acceptors (Lipinski definition) is 4. The van der Waals surface area contributed by atoms with Crippen molar-refractivity contribution in [1.29, 1.82) is 0 Å². The molecule has 0 bridgehead atoms. The van der Waals surface area contributed by atoms with Gasteiger partial charge in [0, 0.05) is 18.9 Å². The maximum absolute atomic E-state index is 13.2. The van der Waals surface area contributed by atoms with Crippen LogP contribution in [0.4, 0.5) is 0 Å². The van der Waals surface area contributed by atoms with Crippen LogP contribution in [0.2, 0.25) is 0 Å². The number of imide groups is 1. The number of hydrogen-bond donors (Lipinski definition) is 1. The summed E-state index contributed by atoms with van der Waals surface area (Å²) in [6, 6.07) is -1.93. The van der Waals surface area contributed by atoms with Crippen molar-refractivity contribution in [2.45, 2.75) is 58.2 Å². The molecule has 0 aromatic heterocycles. The zero-order valence-corrected chi connectivity index (χ0v) is 20.4. The highest BCUT2D eigenvalue weighted by atomic mass is 35.6. The van der Waals surface area contributed by atoms with Crippen LogP contribution in [0, 0.1) is 12.3 Å². The molecule has 0 radical (unpaired) electrons. The lowest BCUT2D eigenvalue weighted by Gasteiger charge is -2.30. The van der Waals surface area contributed by atoms with E-state index < -0.39 is 37.4 Å². The van der Waals surface area contributed by atoms with Crippen molar-refractivity contribution >= 4 is 87.3 Å². The Morgan fingerprint density at radius 3 is 2.33 bits per heavy atom. The number of carbonyl (C=O) groups excluding carboxylic acids is 3. The van der Waals surface area contributed by atoms with Gasteiger partial charge in [0.05, 0.1) is 13.2 Å². The first-order valence-corrected chi connectivity index (χ1v) is 11.0. The lowest BCUT2D eigenvalue weighted by atomic mass is 10.1. The highest BCUT2D eigenvalue weighted by Gasteiger charge is 2.42. The summed E-state index contributed by atoms with van der Waals surface area (Å²) >= 11 is 34.8. The average Bonchev–Trinajstić information content (AvgIpc) is 2.95. The predicted molar refractivity (Wildman–Crippen MR) is 120 cm³/mol. The quantitative estimate of drug-likeness (QED) is 0.346. The smallest absolute Gasteiger partial charge is 0.257 e. The Morgan fingerprint density at radius 2 is 1.83 bits per heavy atom. The van der Waals surface area contributed by atoms with Gasteiger partial charge in [-0.2, -0.15) is 0 Å². The first-order valence-electron chi connectivity index (χ1n) is 8.78. The second-order valence-corrected chi connectivity index (χ2v) is 11.5. The SMILES string of the molecule is C#CCCC(=O)N[C@@H](CCC(Cl)(Cl)Cl)C(=O)N1C(=O)C=C(OC)[C@@H]1CCC(Cl)(Cl)Cl. The number of amides is 3. The summed E-state index contributed by atoms with van der Waals surface area (Å²) in [5.41, 5.74) is 0. The number of ether oxygens (including phenoxy) is 1. The summed E-state index contributed by atoms with van der Waals surface area (Å²) in [5.74, 6) is 0.784. The maximum atomic E-state index is 13.2. The molecule has 0 aromatic rings. The van der Waals surface area contributed by atoms with E-state index in [9.17, 15) is 14.4 Å². The minimum atomic E-state index is -1.65. The van der Waals surface area contributed by atoms with Crippen LogP contribution in [0.1, 0.15) is 38.5 Å². The number of nitrogens with zero attached hydrogens (tertiary/aromatic N) is 1. The molecule has 0 saturated heterocycles. The van der Waals surface area contributed by atoms with E-state index in [2.05, 4.69) is 11.2 Å². The number of carbonyl (C=O) groups is 3. The van der Waals surface area contributed by atoms with E-state index in [1.54, 1.807) is 0 Å². The zero-order valence-electron chi connectivity index (χ0n) is 15.9. The fraction of sp³-hybridized carbons (Fsp3) is 0.611. The van der Waals surface area contributed by atoms with Gasteiger partial charge in [0.25, 0.3) is 11.8 Å². The van der Waals surface area contributed by atoms with Gasteiger partial charge in [-0.3, -0.25) is 19.3 Å². The molecular formula is C18H20Cl6N2O4. The van der Waals surface area contributed by atoms with E-state index in [0.717, 1.165) is 4.90 Å². The van der Waals surface area contributed by atoms with Gasteiger partial charge < -0.3 is 10.1 Å². The molecule has 0 aliphatic carbocycles. The molecule has 1 rings (SSSR count). The third kappa shape index (κ3) is 9.30. The number of alkyl halides is 6. The van der Waals surface area contributed by atoms with Crippen LogP contribution in [-0.2, 0) is 19.1 Å². The number of methoxy groups -OCH3 is 1. The second kappa shape index (κ2) is 11.9. The number of rotatable bonds is 9. The van der Waals surface area contributed by atoms with Crippen molar-refractivity contribution in [3.8, 4) is 12.3 Å². The van der Waals surface area contributed by atoms with Crippen LogP contribution in [0.25, 0.3) is 0 Å². The van der Waals surface area contributed by atoms with Gasteiger partial charge in [0.2, 0.25) is 5.91 Å². The van der Waals surface area contributed by atoms with Crippen molar-refractivity contribution in [3.05, 3.63) is 11.8 Å². The molecule has 1 heterocycles. The highest BCUT2D eigenvalue weighted by Crippen LogP contribution is 2.36. The van der Waals surface area contributed by atoms with Crippen LogP contribution in [0.3, 0.4) is 0 Å². The molecule has 1 aliphatic rings. The van der Waals surface area contributed by atoms with E-state index in [4.69, 9.17) is 80.8 Å².